The van der Waals surface area contributed by atoms with Crippen molar-refractivity contribution >= 4 is 5.78 Å². The monoisotopic (exact) mass is 128 g/mol. The number of carbonyl (C=O) groups excluding carboxylic acids is 1. The molecule has 0 aliphatic heterocycles. The normalized spacial score (nSPS) is 35.0. The number of carbonyl (C=O) groups is 1. The molecule has 2 heteroatoms. The van der Waals surface area contributed by atoms with E-state index in [2.05, 4.69) is 0 Å². The van der Waals surface area contributed by atoms with Gasteiger partial charge in [-0.15, -0.1) is 0 Å². The van der Waals surface area contributed by atoms with Crippen LogP contribution >= 0.6 is 0 Å². The Hall–Kier alpha value is -0.660. The second-order valence-corrected chi connectivity index (χ2v) is 2.51. The summed E-state index contributed by atoms with van der Waals surface area (Å²) in [5.74, 6) is -0.699. The molecule has 0 spiro atoms. The van der Waals surface area contributed by atoms with E-state index in [1.165, 1.54) is 0 Å². The highest BCUT2D eigenvalue weighted by Gasteiger charge is 2.28. The summed E-state index contributed by atoms with van der Waals surface area (Å²) in [6, 6.07) is 0. The third-order valence-electron chi connectivity index (χ3n) is 1.91. The van der Waals surface area contributed by atoms with Crippen LogP contribution in [0.4, 0.5) is 4.39 Å². The topological polar surface area (TPSA) is 17.1 Å². The number of hydrogen-bond acceptors (Lipinski definition) is 1. The molecule has 50 valence electrons. The first kappa shape index (κ1) is 6.46. The minimum Gasteiger partial charge on any atom is -0.294 e. The Morgan fingerprint density at radius 1 is 1.44 bits per heavy atom. The molecule has 2 atom stereocenters. The maximum atomic E-state index is 12.5. The Balaban J connectivity index is 2.82. The van der Waals surface area contributed by atoms with Crippen LogP contribution in [0, 0.1) is 11.8 Å². The lowest BCUT2D eigenvalue weighted by Crippen LogP contribution is -2.08. The van der Waals surface area contributed by atoms with Crippen LogP contribution < -0.4 is 0 Å². The fourth-order valence-corrected chi connectivity index (χ4v) is 0.884. The molecule has 0 saturated heterocycles. The van der Waals surface area contributed by atoms with Gasteiger partial charge in [-0.05, 0) is 0 Å². The molecule has 0 aromatic heterocycles. The van der Waals surface area contributed by atoms with Gasteiger partial charge in [-0.25, -0.2) is 4.39 Å². The molecule has 1 rings (SSSR count). The SMILES string of the molecule is CC1C(=O)C=C(F)C1C. The standard InChI is InChI=1S/C7H9FO/c1-4-5(2)7(9)3-6(4)8/h3-5H,1-2H3. The van der Waals surface area contributed by atoms with Gasteiger partial charge in [0.2, 0.25) is 0 Å². The minimum atomic E-state index is -0.271. The summed E-state index contributed by atoms with van der Waals surface area (Å²) in [6.07, 6.45) is 1.09. The average Bonchev–Trinajstić information content (AvgIpc) is 1.98. The van der Waals surface area contributed by atoms with E-state index in [1.54, 1.807) is 13.8 Å². The summed E-state index contributed by atoms with van der Waals surface area (Å²) in [6.45, 7) is 3.47. The van der Waals surface area contributed by atoms with Crippen molar-refractivity contribution in [3.63, 3.8) is 0 Å². The van der Waals surface area contributed by atoms with Crippen molar-refractivity contribution in [1.29, 1.82) is 0 Å². The second-order valence-electron chi connectivity index (χ2n) is 2.51. The van der Waals surface area contributed by atoms with Crippen molar-refractivity contribution < 1.29 is 9.18 Å². The highest BCUT2D eigenvalue weighted by Crippen LogP contribution is 2.28. The molecule has 0 N–H and O–H groups in total. The minimum absolute atomic E-state index is 0.0833. The Kier molecular flexibility index (Phi) is 1.39. The van der Waals surface area contributed by atoms with Gasteiger partial charge < -0.3 is 0 Å². The molecule has 9 heavy (non-hydrogen) atoms. The summed E-state index contributed by atoms with van der Waals surface area (Å²) in [7, 11) is 0. The predicted octanol–water partition coefficient (Wildman–Crippen LogP) is 1.69. The first-order valence-electron chi connectivity index (χ1n) is 3.04. The highest BCUT2D eigenvalue weighted by molar-refractivity contribution is 5.94. The van der Waals surface area contributed by atoms with Crippen LogP contribution in [0.25, 0.3) is 0 Å². The second kappa shape index (κ2) is 1.94. The van der Waals surface area contributed by atoms with Gasteiger partial charge in [-0.3, -0.25) is 4.79 Å². The molecule has 0 saturated carbocycles. The quantitative estimate of drug-likeness (QED) is 0.485. The molecule has 0 aromatic rings. The molecular weight excluding hydrogens is 119 g/mol. The summed E-state index contributed by atoms with van der Waals surface area (Å²) in [5.41, 5.74) is 0. The zero-order valence-corrected chi connectivity index (χ0v) is 5.52. The van der Waals surface area contributed by atoms with E-state index in [1.807, 2.05) is 0 Å². The largest absolute Gasteiger partial charge is 0.294 e. The molecule has 0 aromatic carbocycles. The van der Waals surface area contributed by atoms with Crippen molar-refractivity contribution in [2.45, 2.75) is 13.8 Å². The lowest BCUT2D eigenvalue weighted by Gasteiger charge is -2.05. The first-order valence-corrected chi connectivity index (χ1v) is 3.04. The van der Waals surface area contributed by atoms with E-state index in [9.17, 15) is 9.18 Å². The lowest BCUT2D eigenvalue weighted by atomic mass is 9.99. The van der Waals surface area contributed by atoms with Gasteiger partial charge >= 0.3 is 0 Å². The van der Waals surface area contributed by atoms with Gasteiger partial charge in [0, 0.05) is 17.9 Å². The Morgan fingerprint density at radius 2 is 2.00 bits per heavy atom. The number of rotatable bonds is 0. The maximum absolute atomic E-state index is 12.5. The van der Waals surface area contributed by atoms with Crippen LogP contribution in [0.2, 0.25) is 0 Å². The number of allylic oxidation sites excluding steroid dienone is 2. The van der Waals surface area contributed by atoms with Crippen molar-refractivity contribution in [2.75, 3.05) is 0 Å². The van der Waals surface area contributed by atoms with E-state index in [4.69, 9.17) is 0 Å². The third-order valence-corrected chi connectivity index (χ3v) is 1.91. The lowest BCUT2D eigenvalue weighted by molar-refractivity contribution is -0.117. The molecule has 0 amide bonds. The summed E-state index contributed by atoms with van der Waals surface area (Å²) in [5, 5.41) is 0. The average molecular weight is 128 g/mol. The van der Waals surface area contributed by atoms with E-state index in [-0.39, 0.29) is 23.4 Å². The molecule has 2 unspecified atom stereocenters. The van der Waals surface area contributed by atoms with E-state index in [0.717, 1.165) is 6.08 Å². The number of ketones is 1. The van der Waals surface area contributed by atoms with Crippen molar-refractivity contribution in [3.8, 4) is 0 Å². The molecular formula is C7H9FO. The van der Waals surface area contributed by atoms with Crippen LogP contribution in [-0.2, 0) is 4.79 Å². The summed E-state index contributed by atoms with van der Waals surface area (Å²) < 4.78 is 12.5. The van der Waals surface area contributed by atoms with Crippen LogP contribution in [0.5, 0.6) is 0 Å². The van der Waals surface area contributed by atoms with Crippen molar-refractivity contribution in [2.24, 2.45) is 11.8 Å². The van der Waals surface area contributed by atoms with Gasteiger partial charge in [0.15, 0.2) is 5.78 Å². The molecule has 0 bridgehead atoms. The van der Waals surface area contributed by atoms with E-state index in [0.29, 0.717) is 0 Å². The molecule has 1 aliphatic carbocycles. The van der Waals surface area contributed by atoms with Crippen LogP contribution in [0.1, 0.15) is 13.8 Å². The number of hydrogen-bond donors (Lipinski definition) is 0. The van der Waals surface area contributed by atoms with Crippen LogP contribution in [-0.4, -0.2) is 5.78 Å². The Morgan fingerprint density at radius 3 is 2.11 bits per heavy atom. The molecule has 1 aliphatic rings. The highest BCUT2D eigenvalue weighted by atomic mass is 19.1. The molecule has 0 fully saturated rings. The maximum Gasteiger partial charge on any atom is 0.161 e. The van der Waals surface area contributed by atoms with Crippen molar-refractivity contribution in [1.82, 2.24) is 0 Å². The summed E-state index contributed by atoms with van der Waals surface area (Å²) in [4.78, 5) is 10.7. The van der Waals surface area contributed by atoms with Gasteiger partial charge in [0.25, 0.3) is 0 Å². The zero-order valence-electron chi connectivity index (χ0n) is 5.52. The van der Waals surface area contributed by atoms with Gasteiger partial charge in [0.1, 0.15) is 5.83 Å². The van der Waals surface area contributed by atoms with Crippen LogP contribution in [0.15, 0.2) is 11.9 Å². The van der Waals surface area contributed by atoms with Crippen LogP contribution in [0.3, 0.4) is 0 Å². The van der Waals surface area contributed by atoms with Gasteiger partial charge in [-0.2, -0.15) is 0 Å². The molecule has 0 heterocycles. The van der Waals surface area contributed by atoms with E-state index >= 15 is 0 Å². The number of halogens is 1. The van der Waals surface area contributed by atoms with Gasteiger partial charge in [-0.1, -0.05) is 13.8 Å². The third kappa shape index (κ3) is 0.889. The Labute approximate surface area is 53.6 Å². The fraction of sp³-hybridized carbons (Fsp3) is 0.571. The smallest absolute Gasteiger partial charge is 0.161 e. The first-order chi connectivity index (χ1) is 4.13. The fourth-order valence-electron chi connectivity index (χ4n) is 0.884. The van der Waals surface area contributed by atoms with Crippen molar-refractivity contribution in [3.05, 3.63) is 11.9 Å². The molecule has 1 nitrogen and oxygen atoms in total. The predicted molar refractivity (Wildman–Crippen MR) is 32.5 cm³/mol. The zero-order chi connectivity index (χ0) is 7.02. The Bertz CT molecular complexity index is 172. The summed E-state index contributed by atoms with van der Waals surface area (Å²) >= 11 is 0. The van der Waals surface area contributed by atoms with E-state index < -0.39 is 0 Å². The molecule has 0 radical (unpaired) electrons. The van der Waals surface area contributed by atoms with Gasteiger partial charge in [0.05, 0.1) is 0 Å².